The molecule has 43 heavy (non-hydrogen) atoms. The van der Waals surface area contributed by atoms with Gasteiger partial charge < -0.3 is 14.7 Å². The Bertz CT molecular complexity index is 1510. The van der Waals surface area contributed by atoms with Gasteiger partial charge in [-0.2, -0.15) is 0 Å². The second kappa shape index (κ2) is 12.1. The maximum absolute atomic E-state index is 13.5. The summed E-state index contributed by atoms with van der Waals surface area (Å²) >= 11 is 6.39. The third kappa shape index (κ3) is 6.20. The van der Waals surface area contributed by atoms with E-state index in [0.717, 1.165) is 49.4 Å². The Morgan fingerprint density at radius 1 is 1.16 bits per heavy atom. The molecule has 0 radical (unpaired) electrons. The molecule has 1 spiro atoms. The lowest BCUT2D eigenvalue weighted by Crippen LogP contribution is -2.49. The van der Waals surface area contributed by atoms with Crippen molar-refractivity contribution in [2.45, 2.75) is 82.0 Å². The molecule has 4 aliphatic rings. The van der Waals surface area contributed by atoms with Crippen molar-refractivity contribution in [3.8, 4) is 5.75 Å². The molecule has 0 unspecified atom stereocenters. The minimum atomic E-state index is -3.92. The number of hydrogen-bond donors (Lipinski definition) is 2. The molecule has 0 saturated heterocycles. The Labute approximate surface area is 260 Å². The Morgan fingerprint density at radius 3 is 2.77 bits per heavy atom. The predicted molar refractivity (Wildman–Crippen MR) is 170 cm³/mol. The first kappa shape index (κ1) is 30.5. The van der Waals surface area contributed by atoms with Gasteiger partial charge in [-0.25, -0.2) is 13.1 Å². The van der Waals surface area contributed by atoms with E-state index in [0.29, 0.717) is 43.7 Å². The predicted octanol–water partition coefficient (Wildman–Crippen LogP) is 6.02. The molecule has 6 rings (SSSR count). The summed E-state index contributed by atoms with van der Waals surface area (Å²) in [6.45, 7) is 5.89. The number of rotatable bonds is 2. The fourth-order valence-electron chi connectivity index (χ4n) is 7.67. The number of allylic oxidation sites excluding steroid dienone is 1. The number of aliphatic hydroxyl groups excluding tert-OH is 1. The maximum Gasteiger partial charge on any atom is 0.264 e. The molecule has 1 saturated carbocycles. The van der Waals surface area contributed by atoms with E-state index in [-0.39, 0.29) is 23.2 Å². The molecular formula is C34H43ClN2O5S. The van der Waals surface area contributed by atoms with Crippen molar-refractivity contribution in [3.63, 3.8) is 0 Å². The third-order valence-corrected chi connectivity index (χ3v) is 12.1. The van der Waals surface area contributed by atoms with E-state index < -0.39 is 27.3 Å². The lowest BCUT2D eigenvalue weighted by Gasteiger charge is -2.45. The summed E-state index contributed by atoms with van der Waals surface area (Å²) in [4.78, 5) is 15.8. The molecule has 2 aromatic rings. The number of carbonyl (C=O) groups excluding carboxylic acids is 1. The van der Waals surface area contributed by atoms with Crippen molar-refractivity contribution in [3.05, 3.63) is 70.3 Å². The van der Waals surface area contributed by atoms with Crippen LogP contribution in [0.2, 0.25) is 5.02 Å². The van der Waals surface area contributed by atoms with Crippen LogP contribution in [0.25, 0.3) is 0 Å². The standard InChI is InChI=1S/C34H43ClN2O5S/c1-22(2)16-27-7-3-4-8-31(38)28-12-9-25(28)19-37-20-34(15-5-6-23-17-26(35)11-13-29(23)34)21-42-32-14-10-24(18-30(32)37)33(39)36-43(27,40)41/h4,8,10-11,13-14,17-18,22,25,27-28,31,38H,3,5-7,9,12,15-16,19-21H2,1-2H3,(H,36,39)/b8-4-/t25-,27+,28+,31-,34-/m0/s1. The summed E-state index contributed by atoms with van der Waals surface area (Å²) < 4.78 is 35.8. The lowest BCUT2D eigenvalue weighted by molar-refractivity contribution is 0.0456. The van der Waals surface area contributed by atoms with Gasteiger partial charge in [-0.15, -0.1) is 0 Å². The maximum atomic E-state index is 13.5. The SMILES string of the molecule is CC(C)C[C@H]1CC/C=C\[C@H](O)[C@@H]2CC[C@H]2CN2C[C@@]3(CCCc4cc(Cl)ccc43)COc3ccc(cc32)C(=O)NS1(=O)=O. The first-order chi connectivity index (χ1) is 20.5. The van der Waals surface area contributed by atoms with Crippen LogP contribution in [-0.2, 0) is 21.9 Å². The number of anilines is 1. The van der Waals surface area contributed by atoms with Crippen molar-refractivity contribution < 1.29 is 23.1 Å². The number of carbonyl (C=O) groups is 1. The van der Waals surface area contributed by atoms with Gasteiger partial charge in [0.15, 0.2) is 0 Å². The largest absolute Gasteiger partial charge is 0.490 e. The molecule has 1 amide bonds. The average Bonchev–Trinajstić information content (AvgIpc) is 3.08. The van der Waals surface area contributed by atoms with Gasteiger partial charge in [0.1, 0.15) is 5.75 Å². The van der Waals surface area contributed by atoms with Crippen LogP contribution in [-0.4, -0.2) is 50.5 Å². The molecule has 0 aromatic heterocycles. The first-order valence-corrected chi connectivity index (χ1v) is 17.7. The van der Waals surface area contributed by atoms with Crippen molar-refractivity contribution >= 4 is 33.2 Å². The number of nitrogens with zero attached hydrogens (tertiary/aromatic N) is 1. The van der Waals surface area contributed by atoms with Crippen molar-refractivity contribution in [2.75, 3.05) is 24.6 Å². The lowest BCUT2D eigenvalue weighted by atomic mass is 9.68. The highest BCUT2D eigenvalue weighted by molar-refractivity contribution is 7.90. The Hall–Kier alpha value is -2.55. The number of nitrogens with one attached hydrogen (secondary N) is 1. The molecule has 7 nitrogen and oxygen atoms in total. The Balaban J connectivity index is 1.41. The summed E-state index contributed by atoms with van der Waals surface area (Å²) in [5.41, 5.74) is 3.35. The molecular weight excluding hydrogens is 584 g/mol. The van der Waals surface area contributed by atoms with E-state index in [9.17, 15) is 18.3 Å². The Kier molecular flexibility index (Phi) is 8.57. The van der Waals surface area contributed by atoms with E-state index in [4.69, 9.17) is 16.3 Å². The molecule has 1 fully saturated rings. The quantitative estimate of drug-likeness (QED) is 0.396. The van der Waals surface area contributed by atoms with Crippen LogP contribution in [0.15, 0.2) is 48.6 Å². The Morgan fingerprint density at radius 2 is 2.00 bits per heavy atom. The van der Waals surface area contributed by atoms with Crippen molar-refractivity contribution in [2.24, 2.45) is 17.8 Å². The highest BCUT2D eigenvalue weighted by atomic mass is 35.5. The van der Waals surface area contributed by atoms with E-state index in [2.05, 4.69) is 21.8 Å². The summed E-state index contributed by atoms with van der Waals surface area (Å²) in [5, 5.41) is 11.2. The number of aryl methyl sites for hydroxylation is 1. The van der Waals surface area contributed by atoms with Crippen molar-refractivity contribution in [1.29, 1.82) is 0 Å². The summed E-state index contributed by atoms with van der Waals surface area (Å²) in [6, 6.07) is 11.4. The molecule has 9 heteroatoms. The van der Waals surface area contributed by atoms with E-state index >= 15 is 0 Å². The second-order valence-corrected chi connectivity index (χ2v) is 15.9. The number of hydrogen-bond acceptors (Lipinski definition) is 6. The number of ether oxygens (including phenoxy) is 1. The fourth-order valence-corrected chi connectivity index (χ4v) is 9.49. The van der Waals surface area contributed by atoms with Crippen LogP contribution < -0.4 is 14.4 Å². The number of aliphatic hydroxyl groups is 1. The van der Waals surface area contributed by atoms with Crippen LogP contribution in [0, 0.1) is 17.8 Å². The van der Waals surface area contributed by atoms with Gasteiger partial charge in [-0.05, 0) is 111 Å². The molecule has 2 heterocycles. The average molecular weight is 627 g/mol. The van der Waals surface area contributed by atoms with E-state index in [1.165, 1.54) is 11.1 Å². The minimum Gasteiger partial charge on any atom is -0.490 e. The van der Waals surface area contributed by atoms with Gasteiger partial charge in [0.25, 0.3) is 5.91 Å². The normalized spacial score (nSPS) is 31.2. The molecule has 5 atom stereocenters. The summed E-state index contributed by atoms with van der Waals surface area (Å²) in [7, 11) is -3.92. The minimum absolute atomic E-state index is 0.131. The highest BCUT2D eigenvalue weighted by Crippen LogP contribution is 2.46. The fraction of sp³-hybridized carbons (Fsp3) is 0.559. The molecule has 2 aromatic carbocycles. The molecule has 2 bridgehead atoms. The first-order valence-electron chi connectivity index (χ1n) is 15.8. The third-order valence-electron chi connectivity index (χ3n) is 10.1. The highest BCUT2D eigenvalue weighted by Gasteiger charge is 2.44. The van der Waals surface area contributed by atoms with Gasteiger partial charge >= 0.3 is 0 Å². The second-order valence-electron chi connectivity index (χ2n) is 13.5. The van der Waals surface area contributed by atoms with Gasteiger partial charge in [0.2, 0.25) is 10.0 Å². The molecule has 2 aliphatic carbocycles. The van der Waals surface area contributed by atoms with Crippen LogP contribution in [0.3, 0.4) is 0 Å². The summed E-state index contributed by atoms with van der Waals surface area (Å²) in [5.74, 6) is 0.640. The molecule has 2 N–H and O–H groups in total. The van der Waals surface area contributed by atoms with E-state index in [1.807, 2.05) is 32.1 Å². The van der Waals surface area contributed by atoms with Gasteiger partial charge in [-0.1, -0.05) is 43.7 Å². The van der Waals surface area contributed by atoms with Gasteiger partial charge in [-0.3, -0.25) is 4.79 Å². The number of benzene rings is 2. The number of halogens is 1. The monoisotopic (exact) mass is 626 g/mol. The zero-order chi connectivity index (χ0) is 30.4. The smallest absolute Gasteiger partial charge is 0.264 e. The number of amides is 1. The summed E-state index contributed by atoms with van der Waals surface area (Å²) in [6.07, 6.45) is 9.49. The number of fused-ring (bicyclic) bond motifs is 4. The molecule has 232 valence electrons. The van der Waals surface area contributed by atoms with Gasteiger partial charge in [0.05, 0.1) is 23.6 Å². The van der Waals surface area contributed by atoms with Crippen molar-refractivity contribution in [1.82, 2.24) is 4.72 Å². The zero-order valence-corrected chi connectivity index (χ0v) is 26.7. The number of sulfonamides is 1. The topological polar surface area (TPSA) is 95.9 Å². The molecule has 2 aliphatic heterocycles. The van der Waals surface area contributed by atoms with Crippen LogP contribution >= 0.6 is 11.6 Å². The van der Waals surface area contributed by atoms with E-state index in [1.54, 1.807) is 18.2 Å². The van der Waals surface area contributed by atoms with Crippen LogP contribution in [0.5, 0.6) is 5.75 Å². The van der Waals surface area contributed by atoms with Crippen LogP contribution in [0.4, 0.5) is 5.69 Å². The zero-order valence-electron chi connectivity index (χ0n) is 25.1. The van der Waals surface area contributed by atoms with Crippen LogP contribution in [0.1, 0.15) is 80.3 Å². The van der Waals surface area contributed by atoms with Gasteiger partial charge in [0, 0.05) is 29.1 Å².